The molecule has 2 aliphatic rings. The molecule has 2 aromatic rings. The molecule has 2 heterocycles. The third-order valence-corrected chi connectivity index (χ3v) is 7.24. The minimum atomic E-state index is -0.604. The summed E-state index contributed by atoms with van der Waals surface area (Å²) < 4.78 is 17.4. The van der Waals surface area contributed by atoms with Gasteiger partial charge in [-0.15, -0.1) is 0 Å². The molecular weight excluding hydrogens is 441 g/mol. The fraction of sp³-hybridized carbons (Fsp3) is 0.440. The van der Waals surface area contributed by atoms with Gasteiger partial charge in [0.15, 0.2) is 0 Å². The largest absolute Gasteiger partial charge is 0.496 e. The maximum atomic E-state index is 13.3. The second kappa shape index (κ2) is 8.78. The molecule has 0 saturated carbocycles. The molecule has 0 aliphatic carbocycles. The Hall–Kier alpha value is -2.35. The molecule has 0 spiro atoms. The lowest BCUT2D eigenvalue weighted by molar-refractivity contribution is -0.130. The van der Waals surface area contributed by atoms with Crippen molar-refractivity contribution in [1.29, 1.82) is 0 Å². The van der Waals surface area contributed by atoms with Crippen LogP contribution >= 0.6 is 11.6 Å². The van der Waals surface area contributed by atoms with Crippen molar-refractivity contribution in [3.63, 3.8) is 0 Å². The number of imide groups is 1. The van der Waals surface area contributed by atoms with E-state index in [-0.39, 0.29) is 18.6 Å². The second-order valence-electron chi connectivity index (χ2n) is 9.72. The summed E-state index contributed by atoms with van der Waals surface area (Å²) >= 11 is 6.59. The number of carbonyl (C=O) groups is 2. The van der Waals surface area contributed by atoms with Crippen LogP contribution in [0.2, 0.25) is 5.02 Å². The van der Waals surface area contributed by atoms with Gasteiger partial charge in [0.2, 0.25) is 5.91 Å². The van der Waals surface area contributed by atoms with Crippen LogP contribution in [0.3, 0.4) is 0 Å². The minimum absolute atomic E-state index is 0.188. The van der Waals surface area contributed by atoms with Gasteiger partial charge in [-0.2, -0.15) is 0 Å². The molecule has 0 N–H and O–H groups in total. The van der Waals surface area contributed by atoms with E-state index in [0.29, 0.717) is 22.5 Å². The first-order valence-corrected chi connectivity index (χ1v) is 11.6. The third-order valence-electron chi connectivity index (χ3n) is 6.91. The average molecular weight is 470 g/mol. The molecule has 0 radical (unpaired) electrons. The summed E-state index contributed by atoms with van der Waals surface area (Å²) in [6.07, 6.45) is -0.0557. The first-order chi connectivity index (χ1) is 15.5. The Bertz CT molecular complexity index is 1040. The highest BCUT2D eigenvalue weighted by molar-refractivity contribution is 6.65. The molecule has 0 bridgehead atoms. The van der Waals surface area contributed by atoms with Crippen molar-refractivity contribution in [2.45, 2.75) is 64.2 Å². The number of hydrogen-bond donors (Lipinski definition) is 0. The number of ether oxygens (including phenoxy) is 1. The Labute approximate surface area is 200 Å². The quantitative estimate of drug-likeness (QED) is 0.610. The van der Waals surface area contributed by atoms with E-state index in [2.05, 4.69) is 0 Å². The molecule has 8 heteroatoms. The van der Waals surface area contributed by atoms with Gasteiger partial charge in [0.1, 0.15) is 6.61 Å². The van der Waals surface area contributed by atoms with Gasteiger partial charge < -0.3 is 14.0 Å². The third kappa shape index (κ3) is 4.54. The molecule has 0 aromatic heterocycles. The molecule has 6 nitrogen and oxygen atoms in total. The highest BCUT2D eigenvalue weighted by atomic mass is 35.5. The monoisotopic (exact) mass is 469 g/mol. The van der Waals surface area contributed by atoms with Crippen molar-refractivity contribution in [3.05, 3.63) is 64.7 Å². The summed E-state index contributed by atoms with van der Waals surface area (Å²) in [7, 11) is -0.591. The van der Waals surface area contributed by atoms with E-state index in [9.17, 15) is 9.59 Å². The fourth-order valence-corrected chi connectivity index (χ4v) is 4.37. The van der Waals surface area contributed by atoms with Crippen LogP contribution in [-0.4, -0.2) is 47.9 Å². The smallest absolute Gasteiger partial charge is 0.447 e. The molecule has 2 amide bonds. The Balaban J connectivity index is 1.51. The second-order valence-corrected chi connectivity index (χ2v) is 10.1. The Kier molecular flexibility index (Phi) is 6.33. The number of cyclic esters (lactones) is 1. The van der Waals surface area contributed by atoms with Gasteiger partial charge >= 0.3 is 13.2 Å². The van der Waals surface area contributed by atoms with E-state index < -0.39 is 30.3 Å². The number of halogens is 1. The van der Waals surface area contributed by atoms with Crippen LogP contribution in [0.5, 0.6) is 0 Å². The minimum Gasteiger partial charge on any atom is -0.447 e. The number of hydrogen-bond acceptors (Lipinski definition) is 5. The maximum absolute atomic E-state index is 13.3. The van der Waals surface area contributed by atoms with Crippen molar-refractivity contribution >= 4 is 36.2 Å². The Morgan fingerprint density at radius 3 is 2.36 bits per heavy atom. The van der Waals surface area contributed by atoms with Gasteiger partial charge in [-0.25, -0.2) is 9.69 Å². The van der Waals surface area contributed by atoms with Gasteiger partial charge in [-0.3, -0.25) is 4.79 Å². The van der Waals surface area contributed by atoms with Crippen LogP contribution in [0, 0.1) is 0 Å². The molecule has 2 aromatic carbocycles. The topological polar surface area (TPSA) is 65.1 Å². The van der Waals surface area contributed by atoms with Crippen LogP contribution in [0.25, 0.3) is 0 Å². The van der Waals surface area contributed by atoms with E-state index >= 15 is 0 Å². The number of amides is 2. The highest BCUT2D eigenvalue weighted by Gasteiger charge is 2.52. The van der Waals surface area contributed by atoms with Crippen LogP contribution < -0.4 is 5.46 Å². The van der Waals surface area contributed by atoms with Crippen LogP contribution in [0.15, 0.2) is 48.5 Å². The average Bonchev–Trinajstić information content (AvgIpc) is 3.22. The zero-order chi connectivity index (χ0) is 24.0. The van der Waals surface area contributed by atoms with Gasteiger partial charge in [-0.05, 0) is 58.2 Å². The fourth-order valence-electron chi connectivity index (χ4n) is 4.09. The van der Waals surface area contributed by atoms with E-state index in [0.717, 1.165) is 5.56 Å². The molecule has 2 saturated heterocycles. The van der Waals surface area contributed by atoms with E-state index in [1.165, 1.54) is 4.90 Å². The summed E-state index contributed by atoms with van der Waals surface area (Å²) in [5, 5.41) is 0.454. The molecule has 2 atom stereocenters. The van der Waals surface area contributed by atoms with E-state index in [1.807, 2.05) is 70.2 Å². The van der Waals surface area contributed by atoms with Crippen molar-refractivity contribution in [2.75, 3.05) is 6.61 Å². The predicted octanol–water partition coefficient (Wildman–Crippen LogP) is 4.33. The Morgan fingerprint density at radius 1 is 1.12 bits per heavy atom. The van der Waals surface area contributed by atoms with Crippen molar-refractivity contribution < 1.29 is 23.6 Å². The van der Waals surface area contributed by atoms with Crippen LogP contribution in [-0.2, 0) is 25.3 Å². The van der Waals surface area contributed by atoms with Crippen LogP contribution in [0.1, 0.15) is 51.7 Å². The zero-order valence-electron chi connectivity index (χ0n) is 19.6. The predicted molar refractivity (Wildman–Crippen MR) is 128 cm³/mol. The zero-order valence-corrected chi connectivity index (χ0v) is 20.4. The molecule has 2 fully saturated rings. The molecule has 4 rings (SSSR count). The van der Waals surface area contributed by atoms with E-state index in [1.54, 1.807) is 13.0 Å². The number of benzene rings is 2. The number of carbonyl (C=O) groups excluding carboxylic acids is 2. The first-order valence-electron chi connectivity index (χ1n) is 11.2. The maximum Gasteiger partial charge on any atom is 0.496 e. The molecule has 2 unspecified atom stereocenters. The van der Waals surface area contributed by atoms with Gasteiger partial charge in [0.05, 0.1) is 23.2 Å². The Morgan fingerprint density at radius 2 is 1.76 bits per heavy atom. The molecule has 174 valence electrons. The summed E-state index contributed by atoms with van der Waals surface area (Å²) in [5.74, 6) is -0.878. The lowest BCUT2D eigenvalue weighted by Gasteiger charge is -2.32. The summed E-state index contributed by atoms with van der Waals surface area (Å²) in [5.41, 5.74) is 1.50. The molecular formula is C25H29BClNO5. The lowest BCUT2D eigenvalue weighted by Crippen LogP contribution is -2.42. The highest BCUT2D eigenvalue weighted by Crippen LogP contribution is 2.37. The summed E-state index contributed by atoms with van der Waals surface area (Å²) in [4.78, 5) is 26.9. The SMILES string of the molecule is CC(C(=O)N1C(=O)OCC1Cc1ccccc1)c1ccc(B2OC(C)(C)C(C)(C)O2)c(Cl)c1. The standard InChI is InChI=1S/C25H29BClNO5/c1-16(22(29)28-19(15-31-23(28)30)13-17-9-7-6-8-10-17)18-11-12-20(21(27)14-18)26-32-24(2,3)25(4,5)33-26/h6-12,14,16,19H,13,15H2,1-5H3. The van der Waals surface area contributed by atoms with Crippen molar-refractivity contribution in [3.8, 4) is 0 Å². The number of rotatable bonds is 5. The van der Waals surface area contributed by atoms with Gasteiger partial charge in [0, 0.05) is 10.5 Å². The van der Waals surface area contributed by atoms with E-state index in [4.69, 9.17) is 25.6 Å². The van der Waals surface area contributed by atoms with Gasteiger partial charge in [0.25, 0.3) is 0 Å². The summed E-state index contributed by atoms with van der Waals surface area (Å²) in [6, 6.07) is 14.8. The van der Waals surface area contributed by atoms with Gasteiger partial charge in [-0.1, -0.05) is 54.1 Å². The first kappa shape index (κ1) is 23.8. The molecule has 2 aliphatic heterocycles. The molecule has 33 heavy (non-hydrogen) atoms. The number of nitrogens with zero attached hydrogens (tertiary/aromatic N) is 1. The van der Waals surface area contributed by atoms with Crippen molar-refractivity contribution in [1.82, 2.24) is 4.90 Å². The normalized spacial score (nSPS) is 22.4. The lowest BCUT2D eigenvalue weighted by atomic mass is 9.78. The van der Waals surface area contributed by atoms with Crippen LogP contribution in [0.4, 0.5) is 4.79 Å². The van der Waals surface area contributed by atoms with Crippen molar-refractivity contribution in [2.24, 2.45) is 0 Å². The summed E-state index contributed by atoms with van der Waals surface area (Å²) in [6.45, 7) is 9.89.